The second-order valence-electron chi connectivity index (χ2n) is 5.50. The van der Waals surface area contributed by atoms with Crippen LogP contribution < -0.4 is 14.8 Å². The Labute approximate surface area is 151 Å². The van der Waals surface area contributed by atoms with Gasteiger partial charge in [0.15, 0.2) is 11.5 Å². The van der Waals surface area contributed by atoms with E-state index in [0.29, 0.717) is 30.2 Å². The lowest BCUT2D eigenvalue weighted by atomic mass is 10.2. The number of hydrogen-bond donors (Lipinski definition) is 1. The molecule has 3 rings (SSSR count). The summed E-state index contributed by atoms with van der Waals surface area (Å²) in [6.07, 6.45) is 3.60. The van der Waals surface area contributed by atoms with Crippen LogP contribution in [0, 0.1) is 0 Å². The average molecular weight is 352 g/mol. The Kier molecular flexibility index (Phi) is 5.48. The number of methoxy groups -OCH3 is 2. The molecule has 1 aromatic carbocycles. The van der Waals surface area contributed by atoms with E-state index in [4.69, 9.17) is 9.47 Å². The minimum atomic E-state index is -0.178. The number of nitrogens with zero attached hydrogens (tertiary/aromatic N) is 3. The molecule has 0 saturated carbocycles. The van der Waals surface area contributed by atoms with Crippen LogP contribution in [0.15, 0.2) is 54.9 Å². The Balaban J connectivity index is 1.57. The van der Waals surface area contributed by atoms with Gasteiger partial charge in [-0.1, -0.05) is 6.07 Å². The minimum Gasteiger partial charge on any atom is -0.493 e. The van der Waals surface area contributed by atoms with Gasteiger partial charge in [-0.2, -0.15) is 5.10 Å². The van der Waals surface area contributed by atoms with Gasteiger partial charge >= 0.3 is 0 Å². The quantitative estimate of drug-likeness (QED) is 0.706. The monoisotopic (exact) mass is 352 g/mol. The largest absolute Gasteiger partial charge is 0.493 e. The van der Waals surface area contributed by atoms with Gasteiger partial charge in [0, 0.05) is 24.5 Å². The van der Waals surface area contributed by atoms with Crippen molar-refractivity contribution in [1.29, 1.82) is 0 Å². The number of carbonyl (C=O) groups is 1. The van der Waals surface area contributed by atoms with Crippen LogP contribution >= 0.6 is 0 Å². The zero-order chi connectivity index (χ0) is 18.4. The highest BCUT2D eigenvalue weighted by atomic mass is 16.5. The van der Waals surface area contributed by atoms with Crippen LogP contribution in [0.3, 0.4) is 0 Å². The van der Waals surface area contributed by atoms with E-state index < -0.39 is 0 Å². The van der Waals surface area contributed by atoms with Crippen LogP contribution in [0.2, 0.25) is 0 Å². The standard InChI is InChI=1S/C19H20N4O3/c1-25-17-7-6-14(13-18(17)26-2)19(24)21-10-12-23-11-8-16(22-23)15-5-3-4-9-20-15/h3-9,11,13H,10,12H2,1-2H3,(H,21,24). The van der Waals surface area contributed by atoms with Crippen molar-refractivity contribution in [2.24, 2.45) is 0 Å². The van der Waals surface area contributed by atoms with Crippen molar-refractivity contribution in [1.82, 2.24) is 20.1 Å². The normalized spacial score (nSPS) is 10.4. The van der Waals surface area contributed by atoms with Crippen LogP contribution in [0.4, 0.5) is 0 Å². The van der Waals surface area contributed by atoms with E-state index in [9.17, 15) is 4.79 Å². The second kappa shape index (κ2) is 8.15. The topological polar surface area (TPSA) is 78.3 Å². The first-order valence-corrected chi connectivity index (χ1v) is 8.16. The summed E-state index contributed by atoms with van der Waals surface area (Å²) in [5.41, 5.74) is 2.13. The third kappa shape index (κ3) is 4.00. The highest BCUT2D eigenvalue weighted by Gasteiger charge is 2.10. The highest BCUT2D eigenvalue weighted by molar-refractivity contribution is 5.94. The molecule has 0 radical (unpaired) electrons. The van der Waals surface area contributed by atoms with Crippen molar-refractivity contribution in [3.63, 3.8) is 0 Å². The molecule has 1 amide bonds. The minimum absolute atomic E-state index is 0.178. The van der Waals surface area contributed by atoms with Gasteiger partial charge in [-0.25, -0.2) is 0 Å². The first-order chi connectivity index (χ1) is 12.7. The Hall–Kier alpha value is -3.35. The molecule has 3 aromatic rings. The number of rotatable bonds is 7. The van der Waals surface area contributed by atoms with Crippen molar-refractivity contribution in [2.45, 2.75) is 6.54 Å². The fourth-order valence-electron chi connectivity index (χ4n) is 2.50. The molecular formula is C19H20N4O3. The number of hydrogen-bond acceptors (Lipinski definition) is 5. The van der Waals surface area contributed by atoms with E-state index in [-0.39, 0.29) is 5.91 Å². The molecule has 0 spiro atoms. The number of aromatic nitrogens is 3. The van der Waals surface area contributed by atoms with Gasteiger partial charge in [0.1, 0.15) is 5.69 Å². The van der Waals surface area contributed by atoms with E-state index in [1.165, 1.54) is 7.11 Å². The number of pyridine rings is 1. The molecule has 2 aromatic heterocycles. The summed E-state index contributed by atoms with van der Waals surface area (Å²) < 4.78 is 12.2. The van der Waals surface area contributed by atoms with Crippen LogP contribution in [0.5, 0.6) is 11.5 Å². The lowest BCUT2D eigenvalue weighted by molar-refractivity contribution is 0.0951. The lowest BCUT2D eigenvalue weighted by Gasteiger charge is -2.10. The third-order valence-corrected chi connectivity index (χ3v) is 3.84. The maximum atomic E-state index is 12.3. The van der Waals surface area contributed by atoms with Crippen molar-refractivity contribution in [3.8, 4) is 22.9 Å². The molecule has 0 fully saturated rings. The smallest absolute Gasteiger partial charge is 0.251 e. The van der Waals surface area contributed by atoms with Crippen LogP contribution in [-0.2, 0) is 6.54 Å². The van der Waals surface area contributed by atoms with Gasteiger partial charge in [0.25, 0.3) is 5.91 Å². The second-order valence-corrected chi connectivity index (χ2v) is 5.50. The summed E-state index contributed by atoms with van der Waals surface area (Å²) in [5.74, 6) is 0.929. The number of nitrogens with one attached hydrogen (secondary N) is 1. The molecule has 7 nitrogen and oxygen atoms in total. The first-order valence-electron chi connectivity index (χ1n) is 8.16. The zero-order valence-electron chi connectivity index (χ0n) is 14.7. The lowest BCUT2D eigenvalue weighted by Crippen LogP contribution is -2.27. The SMILES string of the molecule is COc1ccc(C(=O)NCCn2ccc(-c3ccccn3)n2)cc1OC. The molecule has 0 aliphatic carbocycles. The van der Waals surface area contributed by atoms with Gasteiger partial charge in [-0.05, 0) is 36.4 Å². The highest BCUT2D eigenvalue weighted by Crippen LogP contribution is 2.27. The Morgan fingerprint density at radius 1 is 1.08 bits per heavy atom. The van der Waals surface area contributed by atoms with Gasteiger partial charge in [-0.15, -0.1) is 0 Å². The predicted octanol–water partition coefficient (Wildman–Crippen LogP) is 2.39. The van der Waals surface area contributed by atoms with Gasteiger partial charge in [0.05, 0.1) is 26.5 Å². The average Bonchev–Trinajstić information content (AvgIpc) is 3.17. The van der Waals surface area contributed by atoms with E-state index >= 15 is 0 Å². The number of benzene rings is 1. The van der Waals surface area contributed by atoms with Crippen LogP contribution in [0.25, 0.3) is 11.4 Å². The van der Waals surface area contributed by atoms with Crippen molar-refractivity contribution < 1.29 is 14.3 Å². The molecule has 134 valence electrons. The van der Waals surface area contributed by atoms with E-state index in [2.05, 4.69) is 15.4 Å². The molecule has 0 aliphatic rings. The Morgan fingerprint density at radius 2 is 1.92 bits per heavy atom. The summed E-state index contributed by atoms with van der Waals surface area (Å²) in [6, 6.07) is 12.7. The Bertz CT molecular complexity index is 878. The molecule has 1 N–H and O–H groups in total. The molecule has 0 bridgehead atoms. The molecule has 0 aliphatic heterocycles. The molecule has 0 atom stereocenters. The maximum absolute atomic E-state index is 12.3. The third-order valence-electron chi connectivity index (χ3n) is 3.84. The van der Waals surface area contributed by atoms with E-state index in [1.807, 2.05) is 30.5 Å². The fourth-order valence-corrected chi connectivity index (χ4v) is 2.50. The molecule has 2 heterocycles. The summed E-state index contributed by atoms with van der Waals surface area (Å²) in [5, 5.41) is 7.34. The molecule has 26 heavy (non-hydrogen) atoms. The molecular weight excluding hydrogens is 332 g/mol. The molecule has 0 saturated heterocycles. The number of ether oxygens (including phenoxy) is 2. The van der Waals surface area contributed by atoms with E-state index in [1.54, 1.807) is 36.2 Å². The summed E-state index contributed by atoms with van der Waals surface area (Å²) >= 11 is 0. The van der Waals surface area contributed by atoms with Crippen LogP contribution in [0.1, 0.15) is 10.4 Å². The summed E-state index contributed by atoms with van der Waals surface area (Å²) in [4.78, 5) is 16.6. The molecule has 7 heteroatoms. The van der Waals surface area contributed by atoms with Crippen molar-refractivity contribution in [3.05, 3.63) is 60.4 Å². The first kappa shape index (κ1) is 17.5. The number of amides is 1. The van der Waals surface area contributed by atoms with Crippen LogP contribution in [-0.4, -0.2) is 41.4 Å². The predicted molar refractivity (Wildman–Crippen MR) is 97.3 cm³/mol. The Morgan fingerprint density at radius 3 is 2.65 bits per heavy atom. The maximum Gasteiger partial charge on any atom is 0.251 e. The van der Waals surface area contributed by atoms with Gasteiger partial charge < -0.3 is 14.8 Å². The molecule has 0 unspecified atom stereocenters. The fraction of sp³-hybridized carbons (Fsp3) is 0.211. The van der Waals surface area contributed by atoms with Gasteiger partial charge in [-0.3, -0.25) is 14.5 Å². The van der Waals surface area contributed by atoms with Crippen molar-refractivity contribution in [2.75, 3.05) is 20.8 Å². The van der Waals surface area contributed by atoms with Gasteiger partial charge in [0.2, 0.25) is 0 Å². The van der Waals surface area contributed by atoms with Crippen molar-refractivity contribution >= 4 is 5.91 Å². The number of carbonyl (C=O) groups excluding carboxylic acids is 1. The summed E-state index contributed by atoms with van der Waals surface area (Å²) in [7, 11) is 3.09. The van der Waals surface area contributed by atoms with E-state index in [0.717, 1.165) is 11.4 Å². The summed E-state index contributed by atoms with van der Waals surface area (Å²) in [6.45, 7) is 1.02. The zero-order valence-corrected chi connectivity index (χ0v) is 14.7.